The van der Waals surface area contributed by atoms with Crippen LogP contribution < -0.4 is 10.4 Å². The van der Waals surface area contributed by atoms with Crippen LogP contribution in [0.4, 0.5) is 0 Å². The minimum Gasteiger partial charge on any atom is -0.370 e. The van der Waals surface area contributed by atoms with Gasteiger partial charge in [0.1, 0.15) is 0 Å². The maximum absolute atomic E-state index is 2.32. The highest BCUT2D eigenvalue weighted by Crippen LogP contribution is 2.19. The van der Waals surface area contributed by atoms with Crippen LogP contribution in [0.2, 0.25) is 0 Å². The van der Waals surface area contributed by atoms with Crippen molar-refractivity contribution >= 4 is 11.8 Å². The smallest absolute Gasteiger partial charge is 0.0522 e. The zero-order valence-electron chi connectivity index (χ0n) is 10.9. The highest BCUT2D eigenvalue weighted by molar-refractivity contribution is 5.68. The van der Waals surface area contributed by atoms with Crippen molar-refractivity contribution in [1.29, 1.82) is 0 Å². The molecule has 0 radical (unpaired) electrons. The van der Waals surface area contributed by atoms with E-state index in [0.29, 0.717) is 0 Å². The van der Waals surface area contributed by atoms with Crippen LogP contribution in [0.5, 0.6) is 0 Å². The van der Waals surface area contributed by atoms with Gasteiger partial charge in [0.2, 0.25) is 0 Å². The quantitative estimate of drug-likeness (QED) is 0.729. The van der Waals surface area contributed by atoms with Gasteiger partial charge in [0.05, 0.1) is 5.70 Å². The fourth-order valence-corrected chi connectivity index (χ4v) is 2.61. The largest absolute Gasteiger partial charge is 0.370 e. The third kappa shape index (κ3) is 1.72. The second kappa shape index (κ2) is 4.34. The number of rotatable bonds is 1. The van der Waals surface area contributed by atoms with Crippen LogP contribution in [0.15, 0.2) is 48.5 Å². The van der Waals surface area contributed by atoms with E-state index in [1.165, 1.54) is 27.3 Å². The molecule has 2 aromatic rings. The molecule has 0 atom stereocenters. The van der Waals surface area contributed by atoms with Crippen molar-refractivity contribution in [1.82, 2.24) is 4.90 Å². The second-order valence-corrected chi connectivity index (χ2v) is 4.84. The van der Waals surface area contributed by atoms with Gasteiger partial charge in [-0.15, -0.1) is 0 Å². The molecule has 0 amide bonds. The number of hydrogen-bond donors (Lipinski definition) is 0. The molecule has 1 heterocycles. The maximum atomic E-state index is 2.32. The summed E-state index contributed by atoms with van der Waals surface area (Å²) >= 11 is 0. The van der Waals surface area contributed by atoms with Crippen molar-refractivity contribution < 1.29 is 0 Å². The average molecular weight is 235 g/mol. The lowest BCUT2D eigenvalue weighted by Crippen LogP contribution is -2.38. The topological polar surface area (TPSA) is 3.24 Å². The van der Waals surface area contributed by atoms with Gasteiger partial charge in [0.15, 0.2) is 0 Å². The van der Waals surface area contributed by atoms with Gasteiger partial charge in [-0.25, -0.2) is 0 Å². The molecule has 18 heavy (non-hydrogen) atoms. The summed E-state index contributed by atoms with van der Waals surface area (Å²) in [6.07, 6.45) is 2.29. The zero-order chi connectivity index (χ0) is 12.5. The fraction of sp³-hybridized carbons (Fsp3) is 0.176. The van der Waals surface area contributed by atoms with Crippen molar-refractivity contribution in [3.05, 3.63) is 70.1 Å². The normalized spacial score (nSPS) is 14.1. The zero-order valence-corrected chi connectivity index (χ0v) is 10.9. The molecule has 90 valence electrons. The van der Waals surface area contributed by atoms with Gasteiger partial charge in [0, 0.05) is 24.4 Å². The highest BCUT2D eigenvalue weighted by Gasteiger charge is 2.13. The van der Waals surface area contributed by atoms with Gasteiger partial charge in [-0.2, -0.15) is 0 Å². The summed E-state index contributed by atoms with van der Waals surface area (Å²) in [6, 6.07) is 17.2. The van der Waals surface area contributed by atoms with Crippen LogP contribution in [0.25, 0.3) is 11.8 Å². The van der Waals surface area contributed by atoms with E-state index in [0.717, 1.165) is 6.54 Å². The highest BCUT2D eigenvalue weighted by atomic mass is 15.1. The lowest BCUT2D eigenvalue weighted by Gasteiger charge is -2.26. The Morgan fingerprint density at radius 2 is 1.67 bits per heavy atom. The van der Waals surface area contributed by atoms with Crippen molar-refractivity contribution in [2.24, 2.45) is 0 Å². The Morgan fingerprint density at radius 3 is 2.50 bits per heavy atom. The van der Waals surface area contributed by atoms with Crippen LogP contribution in [0.3, 0.4) is 0 Å². The summed E-state index contributed by atoms with van der Waals surface area (Å²) in [5, 5.41) is 2.68. The lowest BCUT2D eigenvalue weighted by molar-refractivity contribution is 0.540. The average Bonchev–Trinajstić information content (AvgIpc) is 2.40. The molecular formula is C17H17N. The van der Waals surface area contributed by atoms with Gasteiger partial charge in [-0.1, -0.05) is 54.6 Å². The lowest BCUT2D eigenvalue weighted by atomic mass is 10.00. The van der Waals surface area contributed by atoms with Crippen molar-refractivity contribution in [3.63, 3.8) is 0 Å². The van der Waals surface area contributed by atoms with E-state index < -0.39 is 0 Å². The molecule has 0 unspecified atom stereocenters. The van der Waals surface area contributed by atoms with Crippen LogP contribution in [0.1, 0.15) is 11.1 Å². The molecule has 2 aromatic carbocycles. The van der Waals surface area contributed by atoms with Crippen LogP contribution in [-0.4, -0.2) is 18.5 Å². The minimum absolute atomic E-state index is 0.973. The molecule has 0 N–H and O–H groups in total. The molecule has 0 aliphatic carbocycles. The maximum Gasteiger partial charge on any atom is 0.0522 e. The molecule has 1 nitrogen and oxygen atoms in total. The third-order valence-corrected chi connectivity index (χ3v) is 3.58. The number of benzene rings is 2. The minimum atomic E-state index is 0.973. The Morgan fingerprint density at radius 1 is 0.944 bits per heavy atom. The molecule has 1 aliphatic heterocycles. The van der Waals surface area contributed by atoms with Crippen molar-refractivity contribution in [2.45, 2.75) is 6.92 Å². The molecule has 0 fully saturated rings. The molecule has 0 saturated carbocycles. The summed E-state index contributed by atoms with van der Waals surface area (Å²) in [5.74, 6) is 0. The van der Waals surface area contributed by atoms with Gasteiger partial charge >= 0.3 is 0 Å². The summed E-state index contributed by atoms with van der Waals surface area (Å²) < 4.78 is 0. The van der Waals surface area contributed by atoms with Gasteiger partial charge in [-0.05, 0) is 17.7 Å². The summed E-state index contributed by atoms with van der Waals surface area (Å²) in [6.45, 7) is 3.15. The summed E-state index contributed by atoms with van der Waals surface area (Å²) in [7, 11) is 2.16. The van der Waals surface area contributed by atoms with Crippen molar-refractivity contribution in [3.8, 4) is 0 Å². The number of aryl methyl sites for hydroxylation is 1. The predicted octanol–water partition coefficient (Wildman–Crippen LogP) is 1.88. The second-order valence-electron chi connectivity index (χ2n) is 4.84. The van der Waals surface area contributed by atoms with Gasteiger partial charge < -0.3 is 4.90 Å². The molecule has 1 heteroatoms. The molecular weight excluding hydrogens is 218 g/mol. The van der Waals surface area contributed by atoms with E-state index >= 15 is 0 Å². The summed E-state index contributed by atoms with van der Waals surface area (Å²) in [4.78, 5) is 2.32. The number of fused-ring (bicyclic) bond motifs is 1. The first-order chi connectivity index (χ1) is 8.77. The van der Waals surface area contributed by atoms with E-state index in [9.17, 15) is 0 Å². The molecule has 0 spiro atoms. The first-order valence-electron chi connectivity index (χ1n) is 6.34. The van der Waals surface area contributed by atoms with Crippen LogP contribution in [-0.2, 0) is 0 Å². The van der Waals surface area contributed by atoms with Crippen LogP contribution in [0, 0.1) is 6.92 Å². The first-order valence-corrected chi connectivity index (χ1v) is 6.34. The Balaban J connectivity index is 2.40. The molecule has 0 aromatic heterocycles. The van der Waals surface area contributed by atoms with Gasteiger partial charge in [-0.3, -0.25) is 0 Å². The Bertz CT molecular complexity index is 698. The van der Waals surface area contributed by atoms with E-state index in [2.05, 4.69) is 73.5 Å². The standard InChI is InChI=1S/C17H17N/c1-13-7-3-5-9-15(13)17-16-10-6-4-8-14(16)11-12-18(17)2/h3-11H,12H2,1-2H3. The van der Waals surface area contributed by atoms with Gasteiger partial charge in [0.25, 0.3) is 0 Å². The van der Waals surface area contributed by atoms with E-state index in [1.54, 1.807) is 0 Å². The number of nitrogens with zero attached hydrogens (tertiary/aromatic N) is 1. The third-order valence-electron chi connectivity index (χ3n) is 3.58. The molecule has 1 aliphatic rings. The molecule has 3 rings (SSSR count). The SMILES string of the molecule is Cc1ccccc1C1=c2ccccc2=CCN1C. The molecule has 0 saturated heterocycles. The van der Waals surface area contributed by atoms with E-state index in [-0.39, 0.29) is 0 Å². The number of hydrogen-bond acceptors (Lipinski definition) is 1. The van der Waals surface area contributed by atoms with Crippen molar-refractivity contribution in [2.75, 3.05) is 13.6 Å². The van der Waals surface area contributed by atoms with Crippen LogP contribution >= 0.6 is 0 Å². The predicted molar refractivity (Wildman–Crippen MR) is 76.5 cm³/mol. The Hall–Kier alpha value is -2.02. The Labute approximate surface area is 108 Å². The first kappa shape index (κ1) is 11.1. The monoisotopic (exact) mass is 235 g/mol. The summed E-state index contributed by atoms with van der Waals surface area (Å²) in [5.41, 5.74) is 4.00. The van der Waals surface area contributed by atoms with E-state index in [4.69, 9.17) is 0 Å². The fourth-order valence-electron chi connectivity index (χ4n) is 2.61. The molecule has 0 bridgehead atoms. The van der Waals surface area contributed by atoms with E-state index in [1.807, 2.05) is 0 Å². The Kier molecular flexibility index (Phi) is 2.67.